The lowest BCUT2D eigenvalue weighted by molar-refractivity contribution is -0.139. The summed E-state index contributed by atoms with van der Waals surface area (Å²) in [7, 11) is 0. The van der Waals surface area contributed by atoms with Crippen LogP contribution in [0.3, 0.4) is 0 Å². The minimum absolute atomic E-state index is 0.193. The lowest BCUT2D eigenvalue weighted by Gasteiger charge is -2.08. The van der Waals surface area contributed by atoms with Gasteiger partial charge in [-0.1, -0.05) is 6.92 Å². The number of aliphatic carboxylic acids is 1. The molecule has 0 aliphatic carbocycles. The van der Waals surface area contributed by atoms with E-state index in [4.69, 9.17) is 5.11 Å². The predicted molar refractivity (Wildman–Crippen MR) is 41.7 cm³/mol. The van der Waals surface area contributed by atoms with Crippen LogP contribution in [0.15, 0.2) is 0 Å². The molecular weight excluding hydrogens is 160 g/mol. The molecule has 4 heteroatoms. The Hall–Kier alpha value is -1.19. The Morgan fingerprint density at radius 1 is 1.42 bits per heavy atom. The van der Waals surface area contributed by atoms with Crippen LogP contribution in [0.25, 0.3) is 0 Å². The normalized spacial score (nSPS) is 14.8. The fourth-order valence-corrected chi connectivity index (χ4v) is 0.944. The van der Waals surface area contributed by atoms with Crippen LogP contribution in [0, 0.1) is 11.8 Å². The Morgan fingerprint density at radius 2 is 2.00 bits per heavy atom. The molecule has 0 rings (SSSR count). The van der Waals surface area contributed by atoms with Crippen molar-refractivity contribution in [3.63, 3.8) is 0 Å². The highest BCUT2D eigenvalue weighted by Crippen LogP contribution is 2.11. The number of hydrogen-bond acceptors (Lipinski definition) is 3. The van der Waals surface area contributed by atoms with Gasteiger partial charge >= 0.3 is 5.97 Å². The maximum atomic E-state index is 10.3. The molecule has 2 unspecified atom stereocenters. The van der Waals surface area contributed by atoms with Gasteiger partial charge in [-0.2, -0.15) is 0 Å². The Kier molecular flexibility index (Phi) is 4.92. The lowest BCUT2D eigenvalue weighted by Crippen LogP contribution is -2.13. The van der Waals surface area contributed by atoms with Crippen molar-refractivity contribution in [3.05, 3.63) is 0 Å². The number of carbonyl (C=O) groups excluding carboxylic acids is 2. The van der Waals surface area contributed by atoms with Crippen molar-refractivity contribution in [1.82, 2.24) is 0 Å². The summed E-state index contributed by atoms with van der Waals surface area (Å²) in [5.74, 6) is -1.80. The molecule has 0 radical (unpaired) electrons. The number of rotatable bonds is 6. The SMILES string of the molecule is CC(C=O)CC(C=O)CC(=O)O. The summed E-state index contributed by atoms with van der Waals surface area (Å²) in [5.41, 5.74) is 0. The fourth-order valence-electron chi connectivity index (χ4n) is 0.944. The molecule has 0 aromatic rings. The number of aldehydes is 2. The van der Waals surface area contributed by atoms with E-state index < -0.39 is 11.9 Å². The van der Waals surface area contributed by atoms with Gasteiger partial charge in [0.05, 0.1) is 6.42 Å². The second-order valence-corrected chi connectivity index (χ2v) is 2.84. The van der Waals surface area contributed by atoms with Gasteiger partial charge in [-0.3, -0.25) is 4.79 Å². The van der Waals surface area contributed by atoms with E-state index >= 15 is 0 Å². The van der Waals surface area contributed by atoms with Crippen LogP contribution in [0.1, 0.15) is 19.8 Å². The molecule has 0 saturated carbocycles. The van der Waals surface area contributed by atoms with Gasteiger partial charge in [0.25, 0.3) is 0 Å². The summed E-state index contributed by atoms with van der Waals surface area (Å²) in [5, 5.41) is 8.35. The second-order valence-electron chi connectivity index (χ2n) is 2.84. The predicted octanol–water partition coefficient (Wildman–Crippen LogP) is 0.501. The number of hydrogen-bond donors (Lipinski definition) is 1. The molecule has 0 saturated heterocycles. The first kappa shape index (κ1) is 10.8. The van der Waals surface area contributed by atoms with E-state index in [1.165, 1.54) is 0 Å². The minimum Gasteiger partial charge on any atom is -0.481 e. The van der Waals surface area contributed by atoms with E-state index in [2.05, 4.69) is 0 Å². The molecule has 0 aromatic carbocycles. The quantitative estimate of drug-likeness (QED) is 0.592. The van der Waals surface area contributed by atoms with Gasteiger partial charge in [0.2, 0.25) is 0 Å². The molecule has 12 heavy (non-hydrogen) atoms. The zero-order valence-electron chi connectivity index (χ0n) is 6.90. The molecule has 0 aliphatic heterocycles. The smallest absolute Gasteiger partial charge is 0.304 e. The molecule has 0 spiro atoms. The van der Waals surface area contributed by atoms with Crippen LogP contribution in [-0.2, 0) is 14.4 Å². The first-order valence-corrected chi connectivity index (χ1v) is 3.72. The van der Waals surface area contributed by atoms with Gasteiger partial charge in [0, 0.05) is 11.8 Å². The zero-order chi connectivity index (χ0) is 9.56. The number of carbonyl (C=O) groups is 3. The Balaban J connectivity index is 3.90. The Morgan fingerprint density at radius 3 is 2.33 bits per heavy atom. The molecule has 2 atom stereocenters. The van der Waals surface area contributed by atoms with Gasteiger partial charge < -0.3 is 14.7 Å². The van der Waals surface area contributed by atoms with E-state index in [1.807, 2.05) is 0 Å². The molecular formula is C8H12O4. The zero-order valence-corrected chi connectivity index (χ0v) is 6.90. The molecule has 0 fully saturated rings. The van der Waals surface area contributed by atoms with Crippen molar-refractivity contribution in [3.8, 4) is 0 Å². The van der Waals surface area contributed by atoms with E-state index in [-0.39, 0.29) is 12.3 Å². The van der Waals surface area contributed by atoms with E-state index in [0.29, 0.717) is 12.7 Å². The van der Waals surface area contributed by atoms with Crippen LogP contribution in [0.2, 0.25) is 0 Å². The highest BCUT2D eigenvalue weighted by molar-refractivity contribution is 5.72. The van der Waals surface area contributed by atoms with Crippen molar-refractivity contribution in [1.29, 1.82) is 0 Å². The Bertz CT molecular complexity index is 176. The van der Waals surface area contributed by atoms with Crippen molar-refractivity contribution >= 4 is 18.5 Å². The van der Waals surface area contributed by atoms with Crippen LogP contribution < -0.4 is 0 Å². The average Bonchev–Trinajstić information content (AvgIpc) is 2.02. The van der Waals surface area contributed by atoms with E-state index in [9.17, 15) is 14.4 Å². The summed E-state index contributed by atoms with van der Waals surface area (Å²) in [4.78, 5) is 30.7. The van der Waals surface area contributed by atoms with Crippen LogP contribution in [-0.4, -0.2) is 23.6 Å². The topological polar surface area (TPSA) is 71.4 Å². The van der Waals surface area contributed by atoms with Crippen molar-refractivity contribution in [2.45, 2.75) is 19.8 Å². The van der Waals surface area contributed by atoms with Gasteiger partial charge in [-0.05, 0) is 6.42 Å². The molecule has 0 aromatic heterocycles. The lowest BCUT2D eigenvalue weighted by atomic mass is 9.95. The van der Waals surface area contributed by atoms with Gasteiger partial charge in [0.1, 0.15) is 12.6 Å². The summed E-state index contributed by atoms with van der Waals surface area (Å²) in [6.45, 7) is 1.66. The standard InChI is InChI=1S/C8H12O4/c1-6(4-9)2-7(5-10)3-8(11)12/h4-7H,2-3H2,1H3,(H,11,12). The van der Waals surface area contributed by atoms with Crippen LogP contribution >= 0.6 is 0 Å². The summed E-state index contributed by atoms with van der Waals surface area (Å²) < 4.78 is 0. The fraction of sp³-hybridized carbons (Fsp3) is 0.625. The number of carboxylic acids is 1. The monoisotopic (exact) mass is 172 g/mol. The molecule has 68 valence electrons. The molecule has 4 nitrogen and oxygen atoms in total. The highest BCUT2D eigenvalue weighted by Gasteiger charge is 2.15. The minimum atomic E-state index is -1.01. The third kappa shape index (κ3) is 4.60. The second kappa shape index (κ2) is 5.46. The third-order valence-corrected chi connectivity index (χ3v) is 1.54. The van der Waals surface area contributed by atoms with Crippen molar-refractivity contribution < 1.29 is 19.5 Å². The summed E-state index contributed by atoms with van der Waals surface area (Å²) >= 11 is 0. The van der Waals surface area contributed by atoms with E-state index in [1.54, 1.807) is 6.92 Å². The summed E-state index contributed by atoms with van der Waals surface area (Å²) in [6, 6.07) is 0. The maximum Gasteiger partial charge on any atom is 0.304 e. The highest BCUT2D eigenvalue weighted by atomic mass is 16.4. The van der Waals surface area contributed by atoms with Gasteiger partial charge in [-0.25, -0.2) is 0 Å². The molecule has 0 amide bonds. The van der Waals surface area contributed by atoms with E-state index in [0.717, 1.165) is 6.29 Å². The maximum absolute atomic E-state index is 10.3. The first-order valence-electron chi connectivity index (χ1n) is 3.72. The van der Waals surface area contributed by atoms with Gasteiger partial charge in [-0.15, -0.1) is 0 Å². The number of carboxylic acid groups (broad SMARTS) is 1. The molecule has 1 N–H and O–H groups in total. The third-order valence-electron chi connectivity index (χ3n) is 1.54. The average molecular weight is 172 g/mol. The van der Waals surface area contributed by atoms with Crippen LogP contribution in [0.4, 0.5) is 0 Å². The largest absolute Gasteiger partial charge is 0.481 e. The first-order chi connectivity index (χ1) is 5.60. The van der Waals surface area contributed by atoms with Crippen LogP contribution in [0.5, 0.6) is 0 Å². The Labute approximate surface area is 70.6 Å². The molecule has 0 aliphatic rings. The van der Waals surface area contributed by atoms with Gasteiger partial charge in [0.15, 0.2) is 0 Å². The summed E-state index contributed by atoms with van der Waals surface area (Å²) in [6.07, 6.45) is 1.44. The van der Waals surface area contributed by atoms with Crippen molar-refractivity contribution in [2.75, 3.05) is 0 Å². The molecule has 0 heterocycles. The molecule has 0 bridgehead atoms. The van der Waals surface area contributed by atoms with Crippen molar-refractivity contribution in [2.24, 2.45) is 11.8 Å².